The van der Waals surface area contributed by atoms with Crippen molar-refractivity contribution in [3.63, 3.8) is 0 Å². The van der Waals surface area contributed by atoms with Crippen LogP contribution >= 0.6 is 0 Å². The van der Waals surface area contributed by atoms with E-state index < -0.39 is 31.0 Å². The highest BCUT2D eigenvalue weighted by molar-refractivity contribution is 5.64. The molecule has 0 radical (unpaired) electrons. The molecule has 0 unspecified atom stereocenters. The third-order valence-corrected chi connectivity index (χ3v) is 2.49. The third-order valence-electron chi connectivity index (χ3n) is 2.49. The van der Waals surface area contributed by atoms with Crippen molar-refractivity contribution in [1.82, 2.24) is 10.2 Å². The molecule has 1 rings (SSSR count). The molecule has 0 saturated heterocycles. The number of aryl methyl sites for hydroxylation is 1. The summed E-state index contributed by atoms with van der Waals surface area (Å²) in [6.07, 6.45) is -5.53. The van der Waals surface area contributed by atoms with E-state index in [9.17, 15) is 15.3 Å². The first-order valence-electron chi connectivity index (χ1n) is 5.88. The minimum atomic E-state index is -1.69. The van der Waals surface area contributed by atoms with Gasteiger partial charge >= 0.3 is 0 Å². The zero-order chi connectivity index (χ0) is 15.1. The van der Waals surface area contributed by atoms with Gasteiger partial charge in [-0.25, -0.2) is 0 Å². The van der Waals surface area contributed by atoms with Gasteiger partial charge in [0.25, 0.3) is 0 Å². The van der Waals surface area contributed by atoms with Crippen molar-refractivity contribution in [1.29, 1.82) is 0 Å². The van der Waals surface area contributed by atoms with Crippen LogP contribution in [0.15, 0.2) is 17.2 Å². The van der Waals surface area contributed by atoms with Gasteiger partial charge in [0.2, 0.25) is 0 Å². The number of aliphatic hydroxyl groups is 5. The molecule has 0 aliphatic heterocycles. The SMILES string of the molecule is Cc1ccc(N/N=C/[C@@H](O)[C@@H](O)[C@H](O)[C@H](O)CO)nn1. The largest absolute Gasteiger partial charge is 0.394 e. The molecule has 112 valence electrons. The van der Waals surface area contributed by atoms with Crippen LogP contribution in [0, 0.1) is 6.92 Å². The van der Waals surface area contributed by atoms with Crippen molar-refractivity contribution in [2.75, 3.05) is 12.0 Å². The summed E-state index contributed by atoms with van der Waals surface area (Å²) in [4.78, 5) is 0. The van der Waals surface area contributed by atoms with Crippen molar-refractivity contribution >= 4 is 12.0 Å². The molecule has 0 aliphatic rings. The van der Waals surface area contributed by atoms with E-state index in [-0.39, 0.29) is 0 Å². The number of hydrogen-bond donors (Lipinski definition) is 6. The lowest BCUT2D eigenvalue weighted by atomic mass is 10.0. The Morgan fingerprint density at radius 3 is 2.45 bits per heavy atom. The molecule has 0 fully saturated rings. The van der Waals surface area contributed by atoms with Crippen molar-refractivity contribution in [3.8, 4) is 0 Å². The normalized spacial score (nSPS) is 17.7. The van der Waals surface area contributed by atoms with Gasteiger partial charge in [-0.2, -0.15) is 10.2 Å². The molecule has 0 aromatic carbocycles. The number of nitrogens with one attached hydrogen (secondary N) is 1. The van der Waals surface area contributed by atoms with Crippen molar-refractivity contribution in [3.05, 3.63) is 17.8 Å². The fourth-order valence-electron chi connectivity index (χ4n) is 1.26. The minimum Gasteiger partial charge on any atom is -0.394 e. The lowest BCUT2D eigenvalue weighted by Gasteiger charge is -2.23. The number of rotatable bonds is 7. The molecule has 9 nitrogen and oxygen atoms in total. The standard InChI is InChI=1S/C11H18N4O5/c1-6-2-3-9(15-13-6)14-12-4-7(17)10(19)11(20)8(18)5-16/h2-4,7-8,10-11,16-20H,5H2,1H3,(H,14,15)/b12-4+/t7-,8-,10-,11-/m1/s1. The Labute approximate surface area is 115 Å². The summed E-state index contributed by atoms with van der Waals surface area (Å²) in [5.74, 6) is 0.337. The zero-order valence-corrected chi connectivity index (χ0v) is 10.8. The minimum absolute atomic E-state index is 0.337. The molecular formula is C11H18N4O5. The van der Waals surface area contributed by atoms with E-state index in [4.69, 9.17) is 10.2 Å². The number of hydrogen-bond acceptors (Lipinski definition) is 9. The van der Waals surface area contributed by atoms with Gasteiger partial charge in [-0.15, -0.1) is 5.10 Å². The van der Waals surface area contributed by atoms with Crippen LogP contribution < -0.4 is 5.43 Å². The molecule has 0 spiro atoms. The van der Waals surface area contributed by atoms with Gasteiger partial charge in [0.05, 0.1) is 18.5 Å². The third kappa shape index (κ3) is 4.79. The Bertz CT molecular complexity index is 427. The summed E-state index contributed by atoms with van der Waals surface area (Å²) in [6.45, 7) is 1.04. The van der Waals surface area contributed by atoms with E-state index in [0.717, 1.165) is 11.9 Å². The lowest BCUT2D eigenvalue weighted by molar-refractivity contribution is -0.0999. The molecule has 0 bridgehead atoms. The Hall–Kier alpha value is -1.65. The van der Waals surface area contributed by atoms with Gasteiger partial charge < -0.3 is 25.5 Å². The summed E-state index contributed by atoms with van der Waals surface area (Å²) in [6, 6.07) is 3.32. The van der Waals surface area contributed by atoms with Crippen LogP contribution in [-0.2, 0) is 0 Å². The maximum absolute atomic E-state index is 9.53. The lowest BCUT2D eigenvalue weighted by Crippen LogP contribution is -2.46. The summed E-state index contributed by atoms with van der Waals surface area (Å²) >= 11 is 0. The van der Waals surface area contributed by atoms with Crippen molar-refractivity contribution in [2.45, 2.75) is 31.3 Å². The maximum atomic E-state index is 9.53. The monoisotopic (exact) mass is 286 g/mol. The first-order valence-corrected chi connectivity index (χ1v) is 5.88. The number of nitrogens with zero attached hydrogens (tertiary/aromatic N) is 3. The van der Waals surface area contributed by atoms with Gasteiger partial charge in [-0.1, -0.05) is 0 Å². The van der Waals surface area contributed by atoms with Crippen molar-refractivity contribution < 1.29 is 25.5 Å². The van der Waals surface area contributed by atoms with Gasteiger partial charge in [0, 0.05) is 0 Å². The van der Waals surface area contributed by atoms with Gasteiger partial charge in [-0.05, 0) is 19.1 Å². The number of aliphatic hydroxyl groups excluding tert-OH is 5. The Kier molecular flexibility index (Phi) is 6.42. The van der Waals surface area contributed by atoms with E-state index in [1.54, 1.807) is 19.1 Å². The second kappa shape index (κ2) is 7.82. The average Bonchev–Trinajstić information content (AvgIpc) is 2.46. The summed E-state index contributed by atoms with van der Waals surface area (Å²) < 4.78 is 0. The fourth-order valence-corrected chi connectivity index (χ4v) is 1.26. The predicted octanol–water partition coefficient (Wildman–Crippen LogP) is -2.38. The van der Waals surface area contributed by atoms with Crippen LogP contribution in [0.2, 0.25) is 0 Å². The molecule has 1 heterocycles. The summed E-state index contributed by atoms with van der Waals surface area (Å²) in [7, 11) is 0. The van der Waals surface area contributed by atoms with Crippen molar-refractivity contribution in [2.24, 2.45) is 5.10 Å². The smallest absolute Gasteiger partial charge is 0.168 e. The number of aromatic nitrogens is 2. The second-order valence-corrected chi connectivity index (χ2v) is 4.17. The van der Waals surface area contributed by atoms with E-state index in [1.165, 1.54) is 0 Å². The van der Waals surface area contributed by atoms with Crippen LogP contribution in [0.4, 0.5) is 5.82 Å². The van der Waals surface area contributed by atoms with E-state index in [1.807, 2.05) is 0 Å². The Morgan fingerprint density at radius 2 is 1.90 bits per heavy atom. The van der Waals surface area contributed by atoms with Crippen LogP contribution in [-0.4, -0.2) is 73.0 Å². The summed E-state index contributed by atoms with van der Waals surface area (Å²) in [5.41, 5.74) is 3.20. The maximum Gasteiger partial charge on any atom is 0.168 e. The fraction of sp³-hybridized carbons (Fsp3) is 0.545. The van der Waals surface area contributed by atoms with Crippen LogP contribution in [0.5, 0.6) is 0 Å². The topological polar surface area (TPSA) is 151 Å². The highest BCUT2D eigenvalue weighted by Crippen LogP contribution is 2.04. The molecule has 1 aromatic heterocycles. The van der Waals surface area contributed by atoms with E-state index >= 15 is 0 Å². The molecular weight excluding hydrogens is 268 g/mol. The average molecular weight is 286 g/mol. The van der Waals surface area contributed by atoms with E-state index in [2.05, 4.69) is 20.7 Å². The van der Waals surface area contributed by atoms with Crippen LogP contribution in [0.1, 0.15) is 5.69 Å². The first-order chi connectivity index (χ1) is 9.45. The molecule has 0 saturated carbocycles. The quantitative estimate of drug-likeness (QED) is 0.240. The first kappa shape index (κ1) is 16.4. The predicted molar refractivity (Wildman–Crippen MR) is 70.0 cm³/mol. The molecule has 6 N–H and O–H groups in total. The van der Waals surface area contributed by atoms with Gasteiger partial charge in [0.1, 0.15) is 24.4 Å². The molecule has 0 amide bonds. The molecule has 4 atom stereocenters. The Morgan fingerprint density at radius 1 is 1.20 bits per heavy atom. The molecule has 20 heavy (non-hydrogen) atoms. The zero-order valence-electron chi connectivity index (χ0n) is 10.8. The van der Waals surface area contributed by atoms with Gasteiger partial charge in [-0.3, -0.25) is 5.43 Å². The molecule has 1 aromatic rings. The van der Waals surface area contributed by atoms with Gasteiger partial charge in [0.15, 0.2) is 5.82 Å². The second-order valence-electron chi connectivity index (χ2n) is 4.17. The molecule has 9 heteroatoms. The van der Waals surface area contributed by atoms with E-state index in [0.29, 0.717) is 5.82 Å². The highest BCUT2D eigenvalue weighted by Gasteiger charge is 2.29. The summed E-state index contributed by atoms with van der Waals surface area (Å²) in [5, 5.41) is 57.3. The van der Waals surface area contributed by atoms with Crippen LogP contribution in [0.3, 0.4) is 0 Å². The molecule has 0 aliphatic carbocycles. The highest BCUT2D eigenvalue weighted by atomic mass is 16.4. The van der Waals surface area contributed by atoms with Crippen LogP contribution in [0.25, 0.3) is 0 Å². The number of hydrazone groups is 1. The number of anilines is 1. The Balaban J connectivity index is 2.50.